The maximum Gasteiger partial charge on any atom is 0.352 e. The summed E-state index contributed by atoms with van der Waals surface area (Å²) in [6, 6.07) is 2.99. The third-order valence-electron chi connectivity index (χ3n) is 6.31. The number of tetrazole rings is 1. The zero-order valence-electron chi connectivity index (χ0n) is 23.0. The molecule has 21 heteroatoms. The summed E-state index contributed by atoms with van der Waals surface area (Å²) in [5.74, 6) is -2.99. The highest BCUT2D eigenvalue weighted by molar-refractivity contribution is 8.01. The van der Waals surface area contributed by atoms with E-state index in [2.05, 4.69) is 36.3 Å². The van der Waals surface area contributed by atoms with Crippen molar-refractivity contribution >= 4 is 81.0 Å². The van der Waals surface area contributed by atoms with Crippen LogP contribution in [-0.2, 0) is 26.3 Å². The Morgan fingerprint density at radius 2 is 2.13 bits per heavy atom. The molecule has 0 aliphatic carbocycles. The highest BCUT2D eigenvalue weighted by Gasteiger charge is 2.54. The molecular weight excluding hydrogens is 672 g/mol. The van der Waals surface area contributed by atoms with Gasteiger partial charge in [-0.15, -0.1) is 28.2 Å². The van der Waals surface area contributed by atoms with E-state index in [1.807, 2.05) is 0 Å². The van der Waals surface area contributed by atoms with Crippen LogP contribution in [0.25, 0.3) is 0 Å². The molecule has 1 fully saturated rings. The SMILES string of the molecule is Cn1nnnc1SCC1=C(C(=O)O)N2C(=O)C(NC(=O)C(=NOCCNC(=O)c3cc(Cl)ccc3O)c3csc(N)n3)[C@H]2SC1. The van der Waals surface area contributed by atoms with Gasteiger partial charge >= 0.3 is 5.97 Å². The van der Waals surface area contributed by atoms with E-state index >= 15 is 0 Å². The lowest BCUT2D eigenvalue weighted by molar-refractivity contribution is -0.150. The molecule has 0 spiro atoms. The number of hydrogen-bond acceptors (Lipinski definition) is 15. The molecule has 3 amide bonds. The van der Waals surface area contributed by atoms with Crippen molar-refractivity contribution in [3.05, 3.63) is 51.1 Å². The number of carboxylic acid groups (broad SMARTS) is 1. The number of thioether (sulfide) groups is 2. The number of nitrogen functional groups attached to an aromatic ring is 1. The van der Waals surface area contributed by atoms with Crippen molar-refractivity contribution in [2.24, 2.45) is 12.2 Å². The number of fused-ring (bicyclic) bond motifs is 1. The van der Waals surface area contributed by atoms with Crippen molar-refractivity contribution in [1.82, 2.24) is 40.7 Å². The molecule has 3 aromatic rings. The lowest BCUT2D eigenvalue weighted by Gasteiger charge is -2.49. The summed E-state index contributed by atoms with van der Waals surface area (Å²) in [6.07, 6.45) is 0. The highest BCUT2D eigenvalue weighted by Crippen LogP contribution is 2.41. The fourth-order valence-electron chi connectivity index (χ4n) is 4.21. The number of nitrogens with one attached hydrogen (secondary N) is 2. The second-order valence-electron chi connectivity index (χ2n) is 9.25. The van der Waals surface area contributed by atoms with E-state index in [9.17, 15) is 29.4 Å². The number of rotatable bonds is 12. The van der Waals surface area contributed by atoms with Gasteiger partial charge in [-0.05, 0) is 34.2 Å². The number of anilines is 1. The lowest BCUT2D eigenvalue weighted by Crippen LogP contribution is -2.71. The smallest absolute Gasteiger partial charge is 0.352 e. The summed E-state index contributed by atoms with van der Waals surface area (Å²) in [5, 5.41) is 41.7. The number of carbonyl (C=O) groups is 4. The Morgan fingerprint density at radius 3 is 2.82 bits per heavy atom. The first-order valence-corrected chi connectivity index (χ1v) is 16.1. The topological polar surface area (TPSA) is 240 Å². The Labute approximate surface area is 271 Å². The van der Waals surface area contributed by atoms with Crippen LogP contribution in [0.15, 0.2) is 45.2 Å². The number of carboxylic acids is 1. The van der Waals surface area contributed by atoms with Gasteiger partial charge in [0.05, 0.1) is 12.1 Å². The molecule has 0 saturated carbocycles. The van der Waals surface area contributed by atoms with Crippen molar-refractivity contribution in [2.45, 2.75) is 16.6 Å². The number of aromatic nitrogens is 5. The number of nitrogens with two attached hydrogens (primary N) is 1. The Morgan fingerprint density at radius 1 is 1.33 bits per heavy atom. The van der Waals surface area contributed by atoms with Gasteiger partial charge < -0.3 is 31.4 Å². The van der Waals surface area contributed by atoms with Crippen LogP contribution in [0.1, 0.15) is 16.1 Å². The fourth-order valence-corrected chi connectivity index (χ4v) is 7.26. The number of oxime groups is 1. The Bertz CT molecular complexity index is 1730. The molecule has 45 heavy (non-hydrogen) atoms. The molecule has 4 heterocycles. The summed E-state index contributed by atoms with van der Waals surface area (Å²) >= 11 is 9.48. The largest absolute Gasteiger partial charge is 0.507 e. The molecule has 0 bridgehead atoms. The normalized spacial score (nSPS) is 17.9. The second kappa shape index (κ2) is 13.7. The average Bonchev–Trinajstić information content (AvgIpc) is 3.63. The zero-order valence-corrected chi connectivity index (χ0v) is 26.2. The van der Waals surface area contributed by atoms with Crippen molar-refractivity contribution in [1.29, 1.82) is 0 Å². The van der Waals surface area contributed by atoms with Gasteiger partial charge in [0.15, 0.2) is 10.8 Å². The van der Waals surface area contributed by atoms with E-state index in [0.29, 0.717) is 16.5 Å². The molecule has 5 rings (SSSR count). The van der Waals surface area contributed by atoms with Crippen LogP contribution in [0.3, 0.4) is 0 Å². The van der Waals surface area contributed by atoms with E-state index < -0.39 is 35.1 Å². The number of benzene rings is 1. The number of nitrogens with zero attached hydrogens (tertiary/aromatic N) is 7. The Balaban J connectivity index is 1.23. The number of aromatic hydroxyl groups is 1. The summed E-state index contributed by atoms with van der Waals surface area (Å²) in [5.41, 5.74) is 5.89. The van der Waals surface area contributed by atoms with E-state index in [1.165, 1.54) is 51.8 Å². The first-order chi connectivity index (χ1) is 21.5. The van der Waals surface area contributed by atoms with E-state index in [0.717, 1.165) is 16.2 Å². The predicted molar refractivity (Wildman–Crippen MR) is 164 cm³/mol. The Hall–Kier alpha value is -4.40. The monoisotopic (exact) mass is 694 g/mol. The molecule has 1 saturated heterocycles. The molecule has 236 valence electrons. The van der Waals surface area contributed by atoms with Crippen LogP contribution in [-0.4, -0.2) is 106 Å². The first-order valence-electron chi connectivity index (χ1n) is 12.8. The molecule has 1 aromatic carbocycles. The number of aryl methyl sites for hydroxylation is 1. The van der Waals surface area contributed by atoms with Gasteiger partial charge in [-0.25, -0.2) is 14.5 Å². The molecule has 2 atom stereocenters. The van der Waals surface area contributed by atoms with Gasteiger partial charge in [0.25, 0.3) is 17.7 Å². The molecule has 1 unspecified atom stereocenters. The minimum atomic E-state index is -1.27. The molecule has 6 N–H and O–H groups in total. The van der Waals surface area contributed by atoms with Crippen molar-refractivity contribution < 1.29 is 34.2 Å². The number of hydrogen-bond donors (Lipinski definition) is 5. The van der Waals surface area contributed by atoms with Gasteiger partial charge in [0, 0.05) is 29.0 Å². The van der Waals surface area contributed by atoms with Crippen LogP contribution >= 0.6 is 46.5 Å². The lowest BCUT2D eigenvalue weighted by atomic mass is 10.0. The van der Waals surface area contributed by atoms with Crippen molar-refractivity contribution in [3.63, 3.8) is 0 Å². The van der Waals surface area contributed by atoms with Crippen LogP contribution in [0, 0.1) is 0 Å². The molecule has 2 aliphatic heterocycles. The molecule has 2 aliphatic rings. The molecular formula is C24H23ClN10O7S3. The molecule has 17 nitrogen and oxygen atoms in total. The van der Waals surface area contributed by atoms with E-state index in [4.69, 9.17) is 22.2 Å². The summed E-state index contributed by atoms with van der Waals surface area (Å²) < 4.78 is 1.45. The Kier molecular flexibility index (Phi) is 9.75. The van der Waals surface area contributed by atoms with Crippen LogP contribution in [0.2, 0.25) is 5.02 Å². The molecule has 2 aromatic heterocycles. The standard InChI is InChI=1S/C24H23ClN10O7S3/c1-34-24(30-32-33-34)45-8-10-7-43-21-16(20(39)35(21)17(10)22(40)41)29-19(38)15(13-9-44-23(26)28-13)31-42-5-4-27-18(37)12-6-11(25)2-3-14(12)36/h2-3,6,9,16,21,36H,4-5,7-8H2,1H3,(H2,26,28)(H,27,37)(H,29,38)(H,40,41)/t16?,21-/m1/s1. The maximum atomic E-state index is 13.3. The number of carbonyl (C=O) groups excluding carboxylic acids is 3. The zero-order chi connectivity index (χ0) is 32.2. The number of halogens is 1. The first kappa shape index (κ1) is 32.0. The van der Waals surface area contributed by atoms with Gasteiger partial charge in [0.2, 0.25) is 5.16 Å². The number of phenols is 1. The number of thiazole rings is 1. The van der Waals surface area contributed by atoms with Crippen LogP contribution in [0.5, 0.6) is 5.75 Å². The summed E-state index contributed by atoms with van der Waals surface area (Å²) in [7, 11) is 1.65. The van der Waals surface area contributed by atoms with Crippen LogP contribution in [0.4, 0.5) is 5.13 Å². The van der Waals surface area contributed by atoms with E-state index in [-0.39, 0.29) is 57.5 Å². The van der Waals surface area contributed by atoms with E-state index in [1.54, 1.807) is 7.05 Å². The minimum absolute atomic E-state index is 0.0293. The predicted octanol–water partition coefficient (Wildman–Crippen LogP) is 0.289. The molecule has 0 radical (unpaired) electrons. The third kappa shape index (κ3) is 6.97. The average molecular weight is 695 g/mol. The van der Waals surface area contributed by atoms with Gasteiger partial charge in [-0.2, -0.15) is 0 Å². The number of aliphatic carboxylic acids is 1. The van der Waals surface area contributed by atoms with Crippen molar-refractivity contribution in [2.75, 3.05) is 30.4 Å². The highest BCUT2D eigenvalue weighted by atomic mass is 35.5. The summed E-state index contributed by atoms with van der Waals surface area (Å²) in [4.78, 5) is 61.5. The van der Waals surface area contributed by atoms with Gasteiger partial charge in [-0.3, -0.25) is 19.3 Å². The number of phenolic OH excluding ortho intramolecular Hbond substituents is 1. The maximum absolute atomic E-state index is 13.3. The minimum Gasteiger partial charge on any atom is -0.507 e. The number of amides is 3. The second-order valence-corrected chi connectivity index (χ2v) is 12.6. The van der Waals surface area contributed by atoms with Crippen LogP contribution < -0.4 is 16.4 Å². The third-order valence-corrected chi connectivity index (χ3v) is 9.66. The fraction of sp³-hybridized carbons (Fsp3) is 0.292. The van der Waals surface area contributed by atoms with Gasteiger partial charge in [0.1, 0.15) is 35.2 Å². The number of β-lactam (4-membered cyclic amide) rings is 1. The quantitative estimate of drug-likeness (QED) is 0.0563. The van der Waals surface area contributed by atoms with Crippen molar-refractivity contribution in [3.8, 4) is 5.75 Å². The van der Waals surface area contributed by atoms with Gasteiger partial charge in [-0.1, -0.05) is 28.5 Å². The summed E-state index contributed by atoms with van der Waals surface area (Å²) in [6.45, 7) is -0.217.